The van der Waals surface area contributed by atoms with E-state index in [4.69, 9.17) is 9.84 Å². The van der Waals surface area contributed by atoms with Crippen LogP contribution >= 0.6 is 0 Å². The number of carbonyl (C=O) groups excluding carboxylic acids is 2. The number of ether oxygens (including phenoxy) is 1. The first-order chi connectivity index (χ1) is 16.8. The summed E-state index contributed by atoms with van der Waals surface area (Å²) in [6.07, 6.45) is -2.98. The van der Waals surface area contributed by atoms with Crippen LogP contribution in [0.5, 0.6) is 0 Å². The van der Waals surface area contributed by atoms with E-state index < -0.39 is 42.3 Å². The minimum atomic E-state index is -2.97. The Bertz CT molecular complexity index is 1130. The van der Waals surface area contributed by atoms with Crippen LogP contribution in [0.2, 0.25) is 0 Å². The predicted molar refractivity (Wildman–Crippen MR) is 122 cm³/mol. The Labute approximate surface area is 200 Å². The van der Waals surface area contributed by atoms with E-state index in [9.17, 15) is 23.2 Å². The third kappa shape index (κ3) is 4.35. The number of carbonyl (C=O) groups is 3. The molecule has 0 bridgehead atoms. The fourth-order valence-electron chi connectivity index (χ4n) is 5.80. The Kier molecular flexibility index (Phi) is 5.94. The molecule has 5 rings (SSSR count). The SMILES string of the molecule is O=C(O)CC(NC(=O)C12CC(NC(=O)OCC3c4ccccc4-c4ccccc43)CC1C2)C(F)F. The number of fused-ring (bicyclic) bond motifs is 4. The largest absolute Gasteiger partial charge is 0.481 e. The number of aliphatic carboxylic acids is 1. The highest BCUT2D eigenvalue weighted by Crippen LogP contribution is 2.63. The molecule has 0 aliphatic heterocycles. The molecule has 2 fully saturated rings. The molecule has 7 nitrogen and oxygen atoms in total. The van der Waals surface area contributed by atoms with Gasteiger partial charge in [0.05, 0.1) is 11.8 Å². The summed E-state index contributed by atoms with van der Waals surface area (Å²) in [5.41, 5.74) is 3.65. The number of nitrogens with one attached hydrogen (secondary N) is 2. The van der Waals surface area contributed by atoms with Gasteiger partial charge in [0.1, 0.15) is 12.6 Å². The average molecular weight is 484 g/mol. The normalized spacial score (nSPS) is 24.8. The molecule has 4 atom stereocenters. The molecule has 3 aliphatic rings. The molecule has 3 aliphatic carbocycles. The van der Waals surface area contributed by atoms with E-state index >= 15 is 0 Å². The van der Waals surface area contributed by atoms with E-state index in [1.807, 2.05) is 36.4 Å². The Hall–Kier alpha value is -3.49. The fourth-order valence-corrected chi connectivity index (χ4v) is 5.80. The summed E-state index contributed by atoms with van der Waals surface area (Å²) in [6.45, 7) is 0.174. The number of alkyl halides is 2. The highest BCUT2D eigenvalue weighted by atomic mass is 19.3. The quantitative estimate of drug-likeness (QED) is 0.527. The molecule has 4 unspecified atom stereocenters. The summed E-state index contributed by atoms with van der Waals surface area (Å²) in [7, 11) is 0. The van der Waals surface area contributed by atoms with Gasteiger partial charge in [-0.3, -0.25) is 9.59 Å². The lowest BCUT2D eigenvalue weighted by atomic mass is 9.98. The van der Waals surface area contributed by atoms with Crippen LogP contribution < -0.4 is 10.6 Å². The minimum absolute atomic E-state index is 0.0236. The lowest BCUT2D eigenvalue weighted by molar-refractivity contribution is -0.139. The van der Waals surface area contributed by atoms with E-state index in [2.05, 4.69) is 22.8 Å². The maximum Gasteiger partial charge on any atom is 0.407 e. The van der Waals surface area contributed by atoms with Crippen molar-refractivity contribution in [1.29, 1.82) is 0 Å². The maximum atomic E-state index is 13.1. The van der Waals surface area contributed by atoms with Crippen LogP contribution in [0.1, 0.15) is 42.7 Å². The molecule has 2 saturated carbocycles. The Morgan fingerprint density at radius 2 is 1.66 bits per heavy atom. The van der Waals surface area contributed by atoms with Crippen molar-refractivity contribution >= 4 is 18.0 Å². The van der Waals surface area contributed by atoms with Crippen molar-refractivity contribution < 1.29 is 33.0 Å². The van der Waals surface area contributed by atoms with Gasteiger partial charge in [-0.25, -0.2) is 13.6 Å². The van der Waals surface area contributed by atoms with E-state index in [1.165, 1.54) is 0 Å². The van der Waals surface area contributed by atoms with Gasteiger partial charge in [0.25, 0.3) is 6.43 Å². The molecule has 184 valence electrons. The van der Waals surface area contributed by atoms with Crippen LogP contribution in [0.4, 0.5) is 13.6 Å². The number of hydrogen-bond acceptors (Lipinski definition) is 4. The molecule has 2 amide bonds. The van der Waals surface area contributed by atoms with Crippen LogP contribution in [0, 0.1) is 11.3 Å². The molecule has 2 aromatic rings. The second-order valence-corrected chi connectivity index (χ2v) is 9.68. The van der Waals surface area contributed by atoms with Crippen molar-refractivity contribution in [3.05, 3.63) is 59.7 Å². The van der Waals surface area contributed by atoms with Crippen molar-refractivity contribution in [2.75, 3.05) is 6.61 Å². The van der Waals surface area contributed by atoms with Gasteiger partial charge in [0.15, 0.2) is 0 Å². The number of alkyl carbamates (subject to hydrolysis) is 1. The fraction of sp³-hybridized carbons (Fsp3) is 0.423. The van der Waals surface area contributed by atoms with Gasteiger partial charge in [-0.2, -0.15) is 0 Å². The van der Waals surface area contributed by atoms with Gasteiger partial charge in [-0.1, -0.05) is 48.5 Å². The number of hydrogen-bond donors (Lipinski definition) is 3. The van der Waals surface area contributed by atoms with Crippen molar-refractivity contribution in [2.45, 2.75) is 50.1 Å². The number of rotatable bonds is 8. The lowest BCUT2D eigenvalue weighted by Gasteiger charge is -2.21. The number of benzene rings is 2. The second kappa shape index (κ2) is 8.94. The smallest absolute Gasteiger partial charge is 0.407 e. The van der Waals surface area contributed by atoms with Gasteiger partial charge in [-0.05, 0) is 47.4 Å². The van der Waals surface area contributed by atoms with Crippen LogP contribution in [-0.2, 0) is 14.3 Å². The maximum absolute atomic E-state index is 13.1. The predicted octanol–water partition coefficient (Wildman–Crippen LogP) is 3.92. The van der Waals surface area contributed by atoms with E-state index in [-0.39, 0.29) is 24.5 Å². The number of amides is 2. The van der Waals surface area contributed by atoms with Crippen LogP contribution in [-0.4, -0.2) is 48.2 Å². The molecule has 0 saturated heterocycles. The number of carboxylic acids is 1. The Balaban J connectivity index is 1.16. The summed E-state index contributed by atoms with van der Waals surface area (Å²) in [6, 6.07) is 14.0. The monoisotopic (exact) mass is 484 g/mol. The summed E-state index contributed by atoms with van der Waals surface area (Å²) in [5.74, 6) is -2.06. The summed E-state index contributed by atoms with van der Waals surface area (Å²) in [5, 5.41) is 13.8. The number of halogens is 2. The molecule has 35 heavy (non-hydrogen) atoms. The van der Waals surface area contributed by atoms with E-state index in [0.717, 1.165) is 22.3 Å². The van der Waals surface area contributed by atoms with Gasteiger partial charge in [0, 0.05) is 12.0 Å². The van der Waals surface area contributed by atoms with Crippen molar-refractivity contribution in [2.24, 2.45) is 11.3 Å². The molecule has 0 spiro atoms. The number of carboxylic acid groups (broad SMARTS) is 1. The first kappa shape index (κ1) is 23.3. The molecule has 2 aromatic carbocycles. The molecule has 0 aromatic heterocycles. The van der Waals surface area contributed by atoms with Gasteiger partial charge >= 0.3 is 12.1 Å². The average Bonchev–Trinajstić information content (AvgIpc) is 3.25. The molecule has 3 N–H and O–H groups in total. The summed E-state index contributed by atoms with van der Waals surface area (Å²) < 4.78 is 31.9. The van der Waals surface area contributed by atoms with Crippen LogP contribution in [0.3, 0.4) is 0 Å². The first-order valence-electron chi connectivity index (χ1n) is 11.7. The Morgan fingerprint density at radius 3 is 2.26 bits per heavy atom. The van der Waals surface area contributed by atoms with Gasteiger partial charge < -0.3 is 20.5 Å². The topological polar surface area (TPSA) is 105 Å². The van der Waals surface area contributed by atoms with Crippen LogP contribution in [0.15, 0.2) is 48.5 Å². The lowest BCUT2D eigenvalue weighted by Crippen LogP contribution is -2.45. The zero-order chi connectivity index (χ0) is 24.7. The van der Waals surface area contributed by atoms with Crippen molar-refractivity contribution in [3.63, 3.8) is 0 Å². The Morgan fingerprint density at radius 1 is 1.03 bits per heavy atom. The van der Waals surface area contributed by atoms with Gasteiger partial charge in [-0.15, -0.1) is 0 Å². The molecule has 0 heterocycles. The second-order valence-electron chi connectivity index (χ2n) is 9.68. The highest BCUT2D eigenvalue weighted by Gasteiger charge is 2.65. The standard InChI is InChI=1S/C26H26F2N2O5/c27-23(28)21(10-22(31)32)30-24(33)26-11-14(26)9-15(12-26)29-25(34)35-13-20-18-7-3-1-5-16(18)17-6-2-4-8-19(17)20/h1-8,14-15,20-21,23H,9-13H2,(H,29,34)(H,30,33)(H,31,32). The van der Waals surface area contributed by atoms with Crippen molar-refractivity contribution in [3.8, 4) is 11.1 Å². The minimum Gasteiger partial charge on any atom is -0.481 e. The zero-order valence-corrected chi connectivity index (χ0v) is 18.9. The zero-order valence-electron chi connectivity index (χ0n) is 18.9. The van der Waals surface area contributed by atoms with Gasteiger partial charge in [0.2, 0.25) is 5.91 Å². The highest BCUT2D eigenvalue weighted by molar-refractivity contribution is 5.87. The van der Waals surface area contributed by atoms with E-state index in [0.29, 0.717) is 19.3 Å². The molecular formula is C26H26F2N2O5. The third-order valence-electron chi connectivity index (χ3n) is 7.54. The third-order valence-corrected chi connectivity index (χ3v) is 7.54. The first-order valence-corrected chi connectivity index (χ1v) is 11.7. The molecular weight excluding hydrogens is 458 g/mol. The summed E-state index contributed by atoms with van der Waals surface area (Å²) in [4.78, 5) is 36.1. The van der Waals surface area contributed by atoms with Crippen molar-refractivity contribution in [1.82, 2.24) is 10.6 Å². The summed E-state index contributed by atoms with van der Waals surface area (Å²) >= 11 is 0. The molecule has 9 heteroatoms. The molecule has 0 radical (unpaired) electrons. The van der Waals surface area contributed by atoms with E-state index in [1.54, 1.807) is 0 Å². The van der Waals surface area contributed by atoms with Crippen LogP contribution in [0.25, 0.3) is 11.1 Å².